The Hall–Kier alpha value is -0.570. The first kappa shape index (κ1) is 12.5. The molecule has 1 unspecified atom stereocenters. The third-order valence-electron chi connectivity index (χ3n) is 3.24. The molecule has 2 N–H and O–H groups in total. The number of carbonyl (C=O) groups is 1. The third-order valence-corrected chi connectivity index (χ3v) is 3.24. The topological polar surface area (TPSA) is 46.3 Å². The summed E-state index contributed by atoms with van der Waals surface area (Å²) < 4.78 is 0. The highest BCUT2D eigenvalue weighted by molar-refractivity contribution is 5.78. The van der Waals surface area contributed by atoms with E-state index in [1.165, 1.54) is 0 Å². The van der Waals surface area contributed by atoms with E-state index in [2.05, 4.69) is 20.8 Å². The molecule has 1 amide bonds. The van der Waals surface area contributed by atoms with Gasteiger partial charge in [0.05, 0.1) is 0 Å². The van der Waals surface area contributed by atoms with E-state index in [1.807, 2.05) is 4.90 Å². The molecule has 1 fully saturated rings. The van der Waals surface area contributed by atoms with Crippen molar-refractivity contribution in [1.29, 1.82) is 0 Å². The van der Waals surface area contributed by atoms with Crippen molar-refractivity contribution in [3.05, 3.63) is 0 Å². The first-order valence-corrected chi connectivity index (χ1v) is 5.92. The van der Waals surface area contributed by atoms with Gasteiger partial charge in [-0.15, -0.1) is 0 Å². The highest BCUT2D eigenvalue weighted by atomic mass is 16.2. The number of likely N-dealkylation sites (tertiary alicyclic amines) is 1. The first-order chi connectivity index (χ1) is 6.94. The zero-order valence-corrected chi connectivity index (χ0v) is 10.3. The normalized spacial score (nSPS) is 22.5. The van der Waals surface area contributed by atoms with Crippen molar-refractivity contribution in [2.24, 2.45) is 17.1 Å². The Morgan fingerprint density at radius 2 is 2.20 bits per heavy atom. The molecule has 0 spiro atoms. The number of carbonyl (C=O) groups excluding carboxylic acids is 1. The van der Waals surface area contributed by atoms with Gasteiger partial charge in [0.2, 0.25) is 5.91 Å². The lowest BCUT2D eigenvalue weighted by Crippen LogP contribution is -2.29. The Morgan fingerprint density at radius 1 is 1.53 bits per heavy atom. The maximum Gasteiger partial charge on any atom is 0.222 e. The van der Waals surface area contributed by atoms with Gasteiger partial charge >= 0.3 is 0 Å². The van der Waals surface area contributed by atoms with Crippen LogP contribution in [-0.2, 0) is 4.79 Å². The molecule has 3 nitrogen and oxygen atoms in total. The predicted octanol–water partition coefficient (Wildman–Crippen LogP) is 1.62. The summed E-state index contributed by atoms with van der Waals surface area (Å²) in [5.41, 5.74) is 5.89. The van der Waals surface area contributed by atoms with Gasteiger partial charge in [0.25, 0.3) is 0 Å². The molecule has 0 aliphatic carbocycles. The number of nitrogens with two attached hydrogens (primary N) is 1. The van der Waals surface area contributed by atoms with Gasteiger partial charge in [0, 0.05) is 19.5 Å². The van der Waals surface area contributed by atoms with Crippen LogP contribution in [0.3, 0.4) is 0 Å². The number of hydrogen-bond acceptors (Lipinski definition) is 2. The quantitative estimate of drug-likeness (QED) is 0.752. The summed E-state index contributed by atoms with van der Waals surface area (Å²) in [6.07, 6.45) is 2.91. The average Bonchev–Trinajstić information content (AvgIpc) is 2.45. The van der Waals surface area contributed by atoms with Crippen LogP contribution < -0.4 is 5.73 Å². The molecule has 1 heterocycles. The van der Waals surface area contributed by atoms with Crippen molar-refractivity contribution >= 4 is 5.91 Å². The number of nitrogens with zero attached hydrogens (tertiary/aromatic N) is 1. The molecular formula is C12H24N2O. The van der Waals surface area contributed by atoms with E-state index in [9.17, 15) is 4.79 Å². The van der Waals surface area contributed by atoms with Crippen LogP contribution in [0, 0.1) is 11.3 Å². The van der Waals surface area contributed by atoms with Crippen LogP contribution in [-0.4, -0.2) is 30.4 Å². The third kappa shape index (κ3) is 3.82. The Kier molecular flexibility index (Phi) is 4.14. The average molecular weight is 212 g/mol. The van der Waals surface area contributed by atoms with Crippen molar-refractivity contribution in [3.63, 3.8) is 0 Å². The molecule has 88 valence electrons. The van der Waals surface area contributed by atoms with Gasteiger partial charge in [-0.2, -0.15) is 0 Å². The van der Waals surface area contributed by atoms with E-state index in [4.69, 9.17) is 5.73 Å². The molecule has 0 radical (unpaired) electrons. The smallest absolute Gasteiger partial charge is 0.222 e. The van der Waals surface area contributed by atoms with Crippen LogP contribution >= 0.6 is 0 Å². The van der Waals surface area contributed by atoms with Crippen molar-refractivity contribution in [1.82, 2.24) is 4.90 Å². The van der Waals surface area contributed by atoms with Gasteiger partial charge in [-0.3, -0.25) is 4.79 Å². The van der Waals surface area contributed by atoms with E-state index in [-0.39, 0.29) is 5.41 Å². The summed E-state index contributed by atoms with van der Waals surface area (Å²) in [5, 5.41) is 0. The SMILES string of the molecule is CC1CC(=O)N(CCCC(C)(C)CN)C1. The number of amides is 1. The molecular weight excluding hydrogens is 188 g/mol. The summed E-state index contributed by atoms with van der Waals surface area (Å²) in [7, 11) is 0. The van der Waals surface area contributed by atoms with Gasteiger partial charge in [-0.25, -0.2) is 0 Å². The van der Waals surface area contributed by atoms with E-state index < -0.39 is 0 Å². The lowest BCUT2D eigenvalue weighted by atomic mass is 9.88. The Balaban J connectivity index is 2.23. The summed E-state index contributed by atoms with van der Waals surface area (Å²) in [5.74, 6) is 0.869. The summed E-state index contributed by atoms with van der Waals surface area (Å²) in [4.78, 5) is 13.5. The molecule has 1 aliphatic heterocycles. The van der Waals surface area contributed by atoms with Crippen molar-refractivity contribution < 1.29 is 4.79 Å². The molecule has 1 atom stereocenters. The van der Waals surface area contributed by atoms with E-state index in [0.29, 0.717) is 11.8 Å². The van der Waals surface area contributed by atoms with Crippen LogP contribution in [0.4, 0.5) is 0 Å². The van der Waals surface area contributed by atoms with Crippen LogP contribution in [0.5, 0.6) is 0 Å². The highest BCUT2D eigenvalue weighted by Gasteiger charge is 2.26. The minimum absolute atomic E-state index is 0.217. The molecule has 1 rings (SSSR count). The van der Waals surface area contributed by atoms with Crippen LogP contribution in [0.2, 0.25) is 0 Å². The number of rotatable bonds is 5. The molecule has 0 aromatic rings. The fourth-order valence-corrected chi connectivity index (χ4v) is 2.04. The first-order valence-electron chi connectivity index (χ1n) is 5.92. The summed E-state index contributed by atoms with van der Waals surface area (Å²) in [6, 6.07) is 0. The van der Waals surface area contributed by atoms with E-state index in [0.717, 1.165) is 38.9 Å². The standard InChI is InChI=1S/C12H24N2O/c1-10-7-11(15)14(8-10)6-4-5-12(2,3)9-13/h10H,4-9,13H2,1-3H3. The Labute approximate surface area is 93.0 Å². The van der Waals surface area contributed by atoms with Crippen LogP contribution in [0.1, 0.15) is 40.0 Å². The van der Waals surface area contributed by atoms with E-state index >= 15 is 0 Å². The summed E-state index contributed by atoms with van der Waals surface area (Å²) >= 11 is 0. The van der Waals surface area contributed by atoms with Crippen molar-refractivity contribution in [3.8, 4) is 0 Å². The van der Waals surface area contributed by atoms with E-state index in [1.54, 1.807) is 0 Å². The zero-order chi connectivity index (χ0) is 11.5. The van der Waals surface area contributed by atoms with Gasteiger partial charge in [-0.05, 0) is 30.7 Å². The fourth-order valence-electron chi connectivity index (χ4n) is 2.04. The Morgan fingerprint density at radius 3 is 2.67 bits per heavy atom. The van der Waals surface area contributed by atoms with Crippen LogP contribution in [0.25, 0.3) is 0 Å². The Bertz CT molecular complexity index is 226. The lowest BCUT2D eigenvalue weighted by molar-refractivity contribution is -0.127. The zero-order valence-electron chi connectivity index (χ0n) is 10.3. The highest BCUT2D eigenvalue weighted by Crippen LogP contribution is 2.22. The largest absolute Gasteiger partial charge is 0.342 e. The lowest BCUT2D eigenvalue weighted by Gasteiger charge is -2.24. The predicted molar refractivity (Wildman–Crippen MR) is 62.4 cm³/mol. The molecule has 15 heavy (non-hydrogen) atoms. The second kappa shape index (κ2) is 4.97. The second-order valence-electron chi connectivity index (χ2n) is 5.62. The molecule has 1 aliphatic rings. The molecule has 1 saturated heterocycles. The minimum Gasteiger partial charge on any atom is -0.342 e. The molecule has 0 aromatic carbocycles. The van der Waals surface area contributed by atoms with Gasteiger partial charge < -0.3 is 10.6 Å². The minimum atomic E-state index is 0.217. The molecule has 0 aromatic heterocycles. The summed E-state index contributed by atoms with van der Waals surface area (Å²) in [6.45, 7) is 9.08. The van der Waals surface area contributed by atoms with Gasteiger partial charge in [0.1, 0.15) is 0 Å². The number of hydrogen-bond donors (Lipinski definition) is 1. The molecule has 3 heteroatoms. The van der Waals surface area contributed by atoms with Crippen molar-refractivity contribution in [2.45, 2.75) is 40.0 Å². The second-order valence-corrected chi connectivity index (χ2v) is 5.62. The van der Waals surface area contributed by atoms with Crippen LogP contribution in [0.15, 0.2) is 0 Å². The monoisotopic (exact) mass is 212 g/mol. The maximum absolute atomic E-state index is 11.5. The molecule has 0 saturated carbocycles. The fraction of sp³-hybridized carbons (Fsp3) is 0.917. The molecule has 0 bridgehead atoms. The van der Waals surface area contributed by atoms with Gasteiger partial charge in [-0.1, -0.05) is 20.8 Å². The van der Waals surface area contributed by atoms with Crippen molar-refractivity contribution in [2.75, 3.05) is 19.6 Å². The van der Waals surface area contributed by atoms with Gasteiger partial charge in [0.15, 0.2) is 0 Å². The maximum atomic E-state index is 11.5.